The number of halogens is 2. The van der Waals surface area contributed by atoms with Crippen molar-refractivity contribution >= 4 is 23.5 Å². The minimum Gasteiger partial charge on any atom is -0.488 e. The zero-order chi connectivity index (χ0) is 21.8. The fraction of sp³-hybridized carbons (Fsp3) is 0.211. The van der Waals surface area contributed by atoms with Crippen LogP contribution >= 0.6 is 0 Å². The lowest BCUT2D eigenvalue weighted by atomic mass is 10.1. The van der Waals surface area contributed by atoms with Crippen LogP contribution in [0.1, 0.15) is 40.8 Å². The number of alkyl halides is 2. The van der Waals surface area contributed by atoms with Crippen LogP contribution in [0.4, 0.5) is 14.5 Å². The van der Waals surface area contributed by atoms with E-state index in [4.69, 9.17) is 9.57 Å². The van der Waals surface area contributed by atoms with Gasteiger partial charge < -0.3 is 9.57 Å². The second-order valence-corrected chi connectivity index (χ2v) is 6.19. The molecule has 1 aliphatic rings. The van der Waals surface area contributed by atoms with E-state index in [1.807, 2.05) is 0 Å². The summed E-state index contributed by atoms with van der Waals surface area (Å²) in [5.41, 5.74) is -1.02. The molecular formula is C19H14F2N2O7. The molecule has 0 spiro atoms. The number of rotatable bonds is 7. The highest BCUT2D eigenvalue weighted by molar-refractivity contribution is 6.02. The molecular weight excluding hydrogens is 406 g/mol. The topological polar surface area (TPSA) is 116 Å². The Kier molecular flexibility index (Phi) is 6.00. The SMILES string of the molecule is O=C(ON1C(=O)CCC1=O)c1ccc(OCc2ccccc2[N+](=O)[O-])c(C(F)F)c1. The summed E-state index contributed by atoms with van der Waals surface area (Å²) in [6.07, 6.45) is -3.24. The Morgan fingerprint density at radius 1 is 1.13 bits per heavy atom. The number of benzene rings is 2. The lowest BCUT2D eigenvalue weighted by Gasteiger charge is -2.15. The maximum absolute atomic E-state index is 13.5. The summed E-state index contributed by atoms with van der Waals surface area (Å²) < 4.78 is 32.3. The lowest BCUT2D eigenvalue weighted by Crippen LogP contribution is -2.32. The Morgan fingerprint density at radius 2 is 1.80 bits per heavy atom. The maximum Gasteiger partial charge on any atom is 0.363 e. The van der Waals surface area contributed by atoms with E-state index >= 15 is 0 Å². The van der Waals surface area contributed by atoms with Gasteiger partial charge in [-0.05, 0) is 24.3 Å². The van der Waals surface area contributed by atoms with Gasteiger partial charge in [-0.2, -0.15) is 0 Å². The van der Waals surface area contributed by atoms with Crippen molar-refractivity contribution in [2.45, 2.75) is 25.9 Å². The van der Waals surface area contributed by atoms with Crippen LogP contribution < -0.4 is 4.74 Å². The van der Waals surface area contributed by atoms with Gasteiger partial charge in [0.15, 0.2) is 0 Å². The Hall–Kier alpha value is -3.89. The van der Waals surface area contributed by atoms with Crippen LogP contribution in [0.5, 0.6) is 5.75 Å². The number of ether oxygens (including phenoxy) is 1. The van der Waals surface area contributed by atoms with Gasteiger partial charge in [-0.25, -0.2) is 13.6 Å². The average Bonchev–Trinajstić information content (AvgIpc) is 3.04. The highest BCUT2D eigenvalue weighted by atomic mass is 19.3. The molecule has 11 heteroatoms. The minimum atomic E-state index is -3.03. The van der Waals surface area contributed by atoms with Crippen molar-refractivity contribution in [2.75, 3.05) is 0 Å². The first kappa shape index (κ1) is 20.8. The van der Waals surface area contributed by atoms with E-state index in [2.05, 4.69) is 0 Å². The van der Waals surface area contributed by atoms with E-state index in [9.17, 15) is 33.3 Å². The van der Waals surface area contributed by atoms with Crippen molar-refractivity contribution in [1.29, 1.82) is 0 Å². The fourth-order valence-electron chi connectivity index (χ4n) is 2.74. The third-order valence-corrected chi connectivity index (χ3v) is 4.23. The Morgan fingerprint density at radius 3 is 2.43 bits per heavy atom. The fourth-order valence-corrected chi connectivity index (χ4v) is 2.74. The summed E-state index contributed by atoms with van der Waals surface area (Å²) in [4.78, 5) is 50.3. The normalized spacial score (nSPS) is 13.6. The van der Waals surface area contributed by atoms with Crippen molar-refractivity contribution in [2.24, 2.45) is 0 Å². The number of para-hydroxylation sites is 1. The highest BCUT2D eigenvalue weighted by Gasteiger charge is 2.33. The Bertz CT molecular complexity index is 1010. The van der Waals surface area contributed by atoms with Crippen molar-refractivity contribution in [3.05, 3.63) is 69.3 Å². The van der Waals surface area contributed by atoms with Gasteiger partial charge in [-0.15, -0.1) is 5.06 Å². The number of amides is 2. The molecule has 2 amide bonds. The van der Waals surface area contributed by atoms with Crippen LogP contribution in [0.3, 0.4) is 0 Å². The molecule has 1 fully saturated rings. The van der Waals surface area contributed by atoms with Crippen LogP contribution in [-0.2, 0) is 21.0 Å². The van der Waals surface area contributed by atoms with Gasteiger partial charge in [-0.3, -0.25) is 19.7 Å². The molecule has 1 saturated heterocycles. The predicted octanol–water partition coefficient (Wildman–Crippen LogP) is 3.33. The van der Waals surface area contributed by atoms with Gasteiger partial charge in [0, 0.05) is 18.9 Å². The third-order valence-electron chi connectivity index (χ3n) is 4.23. The van der Waals surface area contributed by atoms with Crippen molar-refractivity contribution in [3.8, 4) is 5.75 Å². The maximum atomic E-state index is 13.5. The molecule has 0 unspecified atom stereocenters. The van der Waals surface area contributed by atoms with E-state index in [1.165, 1.54) is 18.2 Å². The van der Waals surface area contributed by atoms with Gasteiger partial charge in [0.2, 0.25) is 0 Å². The first-order valence-electron chi connectivity index (χ1n) is 8.63. The van der Waals surface area contributed by atoms with E-state index in [-0.39, 0.29) is 42.0 Å². The molecule has 0 saturated carbocycles. The molecule has 9 nitrogen and oxygen atoms in total. The molecule has 0 aliphatic carbocycles. The number of hydrogen-bond donors (Lipinski definition) is 0. The van der Waals surface area contributed by atoms with E-state index < -0.39 is 34.7 Å². The van der Waals surface area contributed by atoms with E-state index in [0.717, 1.165) is 18.2 Å². The molecule has 156 valence electrons. The van der Waals surface area contributed by atoms with E-state index in [1.54, 1.807) is 6.07 Å². The second-order valence-electron chi connectivity index (χ2n) is 6.19. The second kappa shape index (κ2) is 8.64. The van der Waals surface area contributed by atoms with Gasteiger partial charge in [-0.1, -0.05) is 12.1 Å². The molecule has 0 radical (unpaired) electrons. The monoisotopic (exact) mass is 420 g/mol. The highest BCUT2D eigenvalue weighted by Crippen LogP contribution is 2.32. The summed E-state index contributed by atoms with van der Waals surface area (Å²) in [5, 5.41) is 11.4. The van der Waals surface area contributed by atoms with E-state index in [0.29, 0.717) is 5.06 Å². The number of nitro benzene ring substituents is 1. The zero-order valence-electron chi connectivity index (χ0n) is 15.2. The molecule has 30 heavy (non-hydrogen) atoms. The molecule has 2 aromatic carbocycles. The van der Waals surface area contributed by atoms with Gasteiger partial charge in [0.05, 0.1) is 21.6 Å². The number of nitro groups is 1. The summed E-state index contributed by atoms with van der Waals surface area (Å²) in [6.45, 7) is -0.350. The predicted molar refractivity (Wildman–Crippen MR) is 95.3 cm³/mol. The van der Waals surface area contributed by atoms with Crippen molar-refractivity contribution < 1.29 is 37.7 Å². The van der Waals surface area contributed by atoms with Gasteiger partial charge in [0.1, 0.15) is 12.4 Å². The molecule has 0 N–H and O–H groups in total. The molecule has 2 aromatic rings. The minimum absolute atomic E-state index is 0.104. The Labute approximate surface area is 167 Å². The summed E-state index contributed by atoms with van der Waals surface area (Å²) >= 11 is 0. The van der Waals surface area contributed by atoms with Crippen LogP contribution in [0.15, 0.2) is 42.5 Å². The Balaban J connectivity index is 1.79. The largest absolute Gasteiger partial charge is 0.488 e. The van der Waals surface area contributed by atoms with Gasteiger partial charge >= 0.3 is 5.97 Å². The number of imide groups is 1. The summed E-state index contributed by atoms with van der Waals surface area (Å²) in [7, 11) is 0. The van der Waals surface area contributed by atoms with Crippen molar-refractivity contribution in [3.63, 3.8) is 0 Å². The molecule has 0 atom stereocenters. The van der Waals surface area contributed by atoms with Crippen LogP contribution in [0.2, 0.25) is 0 Å². The lowest BCUT2D eigenvalue weighted by molar-refractivity contribution is -0.385. The van der Waals surface area contributed by atoms with Crippen LogP contribution in [0, 0.1) is 10.1 Å². The third kappa shape index (κ3) is 4.40. The first-order chi connectivity index (χ1) is 14.3. The number of hydrogen-bond acceptors (Lipinski definition) is 7. The van der Waals surface area contributed by atoms with Crippen molar-refractivity contribution in [1.82, 2.24) is 5.06 Å². The summed E-state index contributed by atoms with van der Waals surface area (Å²) in [5.74, 6) is -2.85. The van der Waals surface area contributed by atoms with Crippen LogP contribution in [0.25, 0.3) is 0 Å². The standard InChI is InChI=1S/C19H14F2N2O7/c20-18(21)13-9-11(19(26)30-22-16(24)7-8-17(22)25)5-6-15(13)29-10-12-3-1-2-4-14(12)23(27)28/h1-6,9,18H,7-8,10H2. The first-order valence-corrected chi connectivity index (χ1v) is 8.63. The average molecular weight is 420 g/mol. The van der Waals surface area contributed by atoms with Crippen LogP contribution in [-0.4, -0.2) is 27.8 Å². The number of carbonyl (C=O) groups excluding carboxylic acids is 3. The molecule has 1 aliphatic heterocycles. The number of hydroxylamine groups is 2. The summed E-state index contributed by atoms with van der Waals surface area (Å²) in [6, 6.07) is 8.70. The number of nitrogens with zero attached hydrogens (tertiary/aromatic N) is 2. The molecule has 0 aromatic heterocycles. The number of carbonyl (C=O) groups is 3. The molecule has 1 heterocycles. The molecule has 3 rings (SSSR count). The molecule has 0 bridgehead atoms. The quantitative estimate of drug-likeness (QED) is 0.383. The smallest absolute Gasteiger partial charge is 0.363 e. The zero-order valence-corrected chi connectivity index (χ0v) is 15.2. The van der Waals surface area contributed by atoms with Gasteiger partial charge in [0.25, 0.3) is 23.9 Å².